The molecule has 0 fully saturated rings. The van der Waals surface area contributed by atoms with Gasteiger partial charge in [-0.25, -0.2) is 0 Å². The summed E-state index contributed by atoms with van der Waals surface area (Å²) in [6, 6.07) is 7.70. The standard InChI is InChI=1S/C16H21NO4/c1-5-12-6-7-13(21-12)10-17-11-8-14(18-2)16(20-4)15(9-11)19-3/h6-9,17H,5,10H2,1-4H3. The Kier molecular flexibility index (Phi) is 4.98. The summed E-state index contributed by atoms with van der Waals surface area (Å²) in [7, 11) is 4.78. The summed E-state index contributed by atoms with van der Waals surface area (Å²) in [4.78, 5) is 0. The van der Waals surface area contributed by atoms with Gasteiger partial charge in [-0.1, -0.05) is 6.92 Å². The Balaban J connectivity index is 2.15. The molecule has 1 heterocycles. The van der Waals surface area contributed by atoms with Crippen LogP contribution in [0, 0.1) is 0 Å². The van der Waals surface area contributed by atoms with E-state index in [1.54, 1.807) is 21.3 Å². The van der Waals surface area contributed by atoms with Gasteiger partial charge in [-0.05, 0) is 12.1 Å². The van der Waals surface area contributed by atoms with E-state index in [2.05, 4.69) is 12.2 Å². The molecule has 0 spiro atoms. The molecule has 5 heteroatoms. The minimum atomic E-state index is 0.580. The number of benzene rings is 1. The van der Waals surface area contributed by atoms with Gasteiger partial charge in [0.05, 0.1) is 27.9 Å². The van der Waals surface area contributed by atoms with Crippen molar-refractivity contribution in [2.45, 2.75) is 19.9 Å². The SMILES string of the molecule is CCc1ccc(CNc2cc(OC)c(OC)c(OC)c2)o1. The Morgan fingerprint density at radius 1 is 0.952 bits per heavy atom. The van der Waals surface area contributed by atoms with Crippen LogP contribution in [-0.2, 0) is 13.0 Å². The molecule has 1 aromatic carbocycles. The first-order chi connectivity index (χ1) is 10.2. The molecule has 0 aliphatic carbocycles. The second-order valence-corrected chi connectivity index (χ2v) is 4.49. The Hall–Kier alpha value is -2.30. The molecule has 2 rings (SSSR count). The van der Waals surface area contributed by atoms with Gasteiger partial charge < -0.3 is 23.9 Å². The van der Waals surface area contributed by atoms with E-state index in [0.29, 0.717) is 23.8 Å². The smallest absolute Gasteiger partial charge is 0.203 e. The van der Waals surface area contributed by atoms with Crippen LogP contribution >= 0.6 is 0 Å². The molecule has 21 heavy (non-hydrogen) atoms. The summed E-state index contributed by atoms with van der Waals surface area (Å²) in [6.07, 6.45) is 0.893. The van der Waals surface area contributed by atoms with E-state index in [9.17, 15) is 0 Å². The lowest BCUT2D eigenvalue weighted by Crippen LogP contribution is -2.01. The van der Waals surface area contributed by atoms with Gasteiger partial charge in [0, 0.05) is 24.2 Å². The number of nitrogens with one attached hydrogen (secondary N) is 1. The Morgan fingerprint density at radius 3 is 2.05 bits per heavy atom. The number of anilines is 1. The van der Waals surface area contributed by atoms with Gasteiger partial charge in [-0.3, -0.25) is 0 Å². The molecule has 0 unspecified atom stereocenters. The van der Waals surface area contributed by atoms with E-state index in [1.165, 1.54) is 0 Å². The van der Waals surface area contributed by atoms with Crippen molar-refractivity contribution in [1.29, 1.82) is 0 Å². The topological polar surface area (TPSA) is 52.9 Å². The number of hydrogen-bond acceptors (Lipinski definition) is 5. The quantitative estimate of drug-likeness (QED) is 0.846. The van der Waals surface area contributed by atoms with Crippen LogP contribution in [0.2, 0.25) is 0 Å². The second-order valence-electron chi connectivity index (χ2n) is 4.49. The number of ether oxygens (including phenoxy) is 3. The van der Waals surface area contributed by atoms with Gasteiger partial charge >= 0.3 is 0 Å². The van der Waals surface area contributed by atoms with Crippen LogP contribution in [0.15, 0.2) is 28.7 Å². The van der Waals surface area contributed by atoms with E-state index in [0.717, 1.165) is 23.6 Å². The van der Waals surface area contributed by atoms with Crippen molar-refractivity contribution in [3.63, 3.8) is 0 Å². The number of rotatable bonds is 7. The lowest BCUT2D eigenvalue weighted by Gasteiger charge is -2.14. The predicted octanol–water partition coefficient (Wildman–Crippen LogP) is 3.48. The molecular formula is C16H21NO4. The molecular weight excluding hydrogens is 270 g/mol. The highest BCUT2D eigenvalue weighted by Gasteiger charge is 2.13. The summed E-state index contributed by atoms with van der Waals surface area (Å²) >= 11 is 0. The third-order valence-electron chi connectivity index (χ3n) is 3.20. The van der Waals surface area contributed by atoms with Gasteiger partial charge in [0.2, 0.25) is 5.75 Å². The number of aryl methyl sites for hydroxylation is 1. The zero-order chi connectivity index (χ0) is 15.2. The monoisotopic (exact) mass is 291 g/mol. The lowest BCUT2D eigenvalue weighted by molar-refractivity contribution is 0.324. The Labute approximate surface area is 124 Å². The highest BCUT2D eigenvalue weighted by molar-refractivity contribution is 5.62. The third kappa shape index (κ3) is 3.42. The highest BCUT2D eigenvalue weighted by atomic mass is 16.5. The average molecular weight is 291 g/mol. The fourth-order valence-corrected chi connectivity index (χ4v) is 2.08. The third-order valence-corrected chi connectivity index (χ3v) is 3.20. The average Bonchev–Trinajstić information content (AvgIpc) is 2.99. The summed E-state index contributed by atoms with van der Waals surface area (Å²) in [5.74, 6) is 3.69. The molecule has 5 nitrogen and oxygen atoms in total. The fraction of sp³-hybridized carbons (Fsp3) is 0.375. The van der Waals surface area contributed by atoms with Crippen LogP contribution in [0.5, 0.6) is 17.2 Å². The first-order valence-corrected chi connectivity index (χ1v) is 6.83. The van der Waals surface area contributed by atoms with Crippen LogP contribution in [0.4, 0.5) is 5.69 Å². The molecule has 0 radical (unpaired) electrons. The number of furan rings is 1. The van der Waals surface area contributed by atoms with Crippen LogP contribution in [-0.4, -0.2) is 21.3 Å². The van der Waals surface area contributed by atoms with Crippen molar-refractivity contribution in [3.05, 3.63) is 35.8 Å². The van der Waals surface area contributed by atoms with Crippen molar-refractivity contribution in [1.82, 2.24) is 0 Å². The van der Waals surface area contributed by atoms with Gasteiger partial charge in [0.25, 0.3) is 0 Å². The number of hydrogen-bond donors (Lipinski definition) is 1. The van der Waals surface area contributed by atoms with Crippen LogP contribution in [0.1, 0.15) is 18.4 Å². The Bertz CT molecular complexity index is 567. The molecule has 114 valence electrons. The van der Waals surface area contributed by atoms with Crippen molar-refractivity contribution < 1.29 is 18.6 Å². The van der Waals surface area contributed by atoms with Crippen LogP contribution in [0.3, 0.4) is 0 Å². The largest absolute Gasteiger partial charge is 0.493 e. The zero-order valence-electron chi connectivity index (χ0n) is 12.9. The van der Waals surface area contributed by atoms with Crippen molar-refractivity contribution in [3.8, 4) is 17.2 Å². The van der Waals surface area contributed by atoms with Crippen LogP contribution < -0.4 is 19.5 Å². The van der Waals surface area contributed by atoms with Crippen LogP contribution in [0.25, 0.3) is 0 Å². The highest BCUT2D eigenvalue weighted by Crippen LogP contribution is 2.40. The first-order valence-electron chi connectivity index (χ1n) is 6.83. The maximum Gasteiger partial charge on any atom is 0.203 e. The summed E-state index contributed by atoms with van der Waals surface area (Å²) in [6.45, 7) is 2.66. The Morgan fingerprint density at radius 2 is 1.57 bits per heavy atom. The number of methoxy groups -OCH3 is 3. The van der Waals surface area contributed by atoms with E-state index >= 15 is 0 Å². The first kappa shape index (κ1) is 15.1. The van der Waals surface area contributed by atoms with Gasteiger partial charge in [0.15, 0.2) is 11.5 Å². The second kappa shape index (κ2) is 6.92. The molecule has 0 aliphatic rings. The summed E-state index contributed by atoms with van der Waals surface area (Å²) in [5, 5.41) is 3.29. The van der Waals surface area contributed by atoms with Crippen molar-refractivity contribution in [2.75, 3.05) is 26.6 Å². The molecule has 1 N–H and O–H groups in total. The fourth-order valence-electron chi connectivity index (χ4n) is 2.08. The van der Waals surface area contributed by atoms with Gasteiger partial charge in [-0.2, -0.15) is 0 Å². The lowest BCUT2D eigenvalue weighted by atomic mass is 10.2. The van der Waals surface area contributed by atoms with Gasteiger partial charge in [0.1, 0.15) is 11.5 Å². The molecule has 1 aromatic heterocycles. The molecule has 0 atom stereocenters. The van der Waals surface area contributed by atoms with Crippen molar-refractivity contribution in [2.24, 2.45) is 0 Å². The minimum absolute atomic E-state index is 0.580. The summed E-state index contributed by atoms with van der Waals surface area (Å²) < 4.78 is 21.6. The molecule has 0 amide bonds. The molecule has 0 aliphatic heterocycles. The van der Waals surface area contributed by atoms with E-state index in [4.69, 9.17) is 18.6 Å². The summed E-state index contributed by atoms with van der Waals surface area (Å²) in [5.41, 5.74) is 0.874. The minimum Gasteiger partial charge on any atom is -0.493 e. The molecule has 0 saturated heterocycles. The van der Waals surface area contributed by atoms with E-state index in [1.807, 2.05) is 24.3 Å². The zero-order valence-corrected chi connectivity index (χ0v) is 12.9. The van der Waals surface area contributed by atoms with E-state index in [-0.39, 0.29) is 0 Å². The van der Waals surface area contributed by atoms with Gasteiger partial charge in [-0.15, -0.1) is 0 Å². The molecule has 2 aromatic rings. The molecule has 0 saturated carbocycles. The normalized spacial score (nSPS) is 10.3. The van der Waals surface area contributed by atoms with Crippen molar-refractivity contribution >= 4 is 5.69 Å². The van der Waals surface area contributed by atoms with E-state index < -0.39 is 0 Å². The molecule has 0 bridgehead atoms. The maximum atomic E-state index is 5.66. The predicted molar refractivity (Wildman–Crippen MR) is 81.5 cm³/mol. The maximum absolute atomic E-state index is 5.66.